The van der Waals surface area contributed by atoms with E-state index in [0.717, 1.165) is 18.8 Å². The molecule has 0 aliphatic carbocycles. The summed E-state index contributed by atoms with van der Waals surface area (Å²) in [5.41, 5.74) is 1.55. The van der Waals surface area contributed by atoms with Gasteiger partial charge in [-0.3, -0.25) is 9.69 Å². The quantitative estimate of drug-likeness (QED) is 0.908. The molecule has 1 aromatic carbocycles. The van der Waals surface area contributed by atoms with Crippen molar-refractivity contribution in [2.75, 3.05) is 19.6 Å². The smallest absolute Gasteiger partial charge is 0.251 e. The summed E-state index contributed by atoms with van der Waals surface area (Å²) in [4.78, 5) is 18.5. The van der Waals surface area contributed by atoms with Gasteiger partial charge in [0.15, 0.2) is 0 Å². The highest BCUT2D eigenvalue weighted by Gasteiger charge is 2.18. The first-order chi connectivity index (χ1) is 10.7. The number of nitrogens with one attached hydrogen (secondary N) is 1. The molecule has 1 aromatic heterocycles. The van der Waals surface area contributed by atoms with Crippen molar-refractivity contribution in [3.8, 4) is 5.69 Å². The van der Waals surface area contributed by atoms with Gasteiger partial charge in [-0.25, -0.2) is 9.67 Å². The summed E-state index contributed by atoms with van der Waals surface area (Å²) in [6.07, 6.45) is 5.65. The third-order valence-corrected chi connectivity index (χ3v) is 4.13. The maximum Gasteiger partial charge on any atom is 0.251 e. The molecule has 116 valence electrons. The average molecular weight is 299 g/mol. The second kappa shape index (κ2) is 6.70. The molecule has 3 rings (SSSR count). The van der Waals surface area contributed by atoms with Crippen molar-refractivity contribution in [1.82, 2.24) is 25.0 Å². The van der Waals surface area contributed by atoms with Crippen molar-refractivity contribution in [2.24, 2.45) is 0 Å². The molecule has 0 radical (unpaired) electrons. The third kappa shape index (κ3) is 3.33. The number of rotatable bonds is 5. The van der Waals surface area contributed by atoms with Gasteiger partial charge in [-0.15, -0.1) is 0 Å². The van der Waals surface area contributed by atoms with Crippen LogP contribution in [-0.2, 0) is 0 Å². The van der Waals surface area contributed by atoms with E-state index in [1.165, 1.54) is 19.2 Å². The Kier molecular flexibility index (Phi) is 4.48. The highest BCUT2D eigenvalue weighted by molar-refractivity contribution is 5.94. The van der Waals surface area contributed by atoms with Crippen LogP contribution in [0.1, 0.15) is 30.1 Å². The van der Waals surface area contributed by atoms with Crippen LogP contribution in [0.3, 0.4) is 0 Å². The average Bonchev–Trinajstić information content (AvgIpc) is 3.25. The van der Waals surface area contributed by atoms with Crippen molar-refractivity contribution in [3.63, 3.8) is 0 Å². The van der Waals surface area contributed by atoms with Crippen LogP contribution in [0.5, 0.6) is 0 Å². The van der Waals surface area contributed by atoms with Gasteiger partial charge in [0.25, 0.3) is 5.91 Å². The predicted molar refractivity (Wildman–Crippen MR) is 84.0 cm³/mol. The van der Waals surface area contributed by atoms with Gasteiger partial charge in [0.2, 0.25) is 0 Å². The summed E-state index contributed by atoms with van der Waals surface area (Å²) < 4.78 is 1.66. The predicted octanol–water partition coefficient (Wildman–Crippen LogP) is 1.48. The van der Waals surface area contributed by atoms with E-state index in [4.69, 9.17) is 0 Å². The van der Waals surface area contributed by atoms with E-state index in [2.05, 4.69) is 27.2 Å². The molecule has 0 bridgehead atoms. The maximum atomic E-state index is 12.2. The molecule has 1 atom stereocenters. The standard InChI is InChI=1S/C16H21N5O/c1-13(20-8-2-3-9-20)10-18-16(22)14-4-6-15(7-5-14)21-12-17-11-19-21/h4-7,11-13H,2-3,8-10H2,1H3,(H,18,22). The lowest BCUT2D eigenvalue weighted by Crippen LogP contribution is -2.40. The summed E-state index contributed by atoms with van der Waals surface area (Å²) >= 11 is 0. The molecule has 2 heterocycles. The van der Waals surface area contributed by atoms with E-state index in [1.54, 1.807) is 11.0 Å². The molecule has 1 aliphatic rings. The zero-order chi connectivity index (χ0) is 15.4. The zero-order valence-corrected chi connectivity index (χ0v) is 12.8. The molecule has 22 heavy (non-hydrogen) atoms. The van der Waals surface area contributed by atoms with Crippen molar-refractivity contribution in [2.45, 2.75) is 25.8 Å². The van der Waals surface area contributed by atoms with Crippen molar-refractivity contribution in [3.05, 3.63) is 42.5 Å². The van der Waals surface area contributed by atoms with Crippen molar-refractivity contribution >= 4 is 5.91 Å². The minimum atomic E-state index is -0.0313. The summed E-state index contributed by atoms with van der Waals surface area (Å²) in [5, 5.41) is 7.08. The first-order valence-corrected chi connectivity index (χ1v) is 7.71. The molecule has 2 aromatic rings. The minimum absolute atomic E-state index is 0.0313. The maximum absolute atomic E-state index is 12.2. The number of nitrogens with zero attached hydrogens (tertiary/aromatic N) is 4. The number of hydrogen-bond donors (Lipinski definition) is 1. The Labute approximate surface area is 130 Å². The van der Waals surface area contributed by atoms with Crippen LogP contribution < -0.4 is 5.32 Å². The monoisotopic (exact) mass is 299 g/mol. The zero-order valence-electron chi connectivity index (χ0n) is 12.8. The van der Waals surface area contributed by atoms with Gasteiger partial charge in [0.1, 0.15) is 12.7 Å². The fourth-order valence-electron chi connectivity index (χ4n) is 2.76. The summed E-state index contributed by atoms with van der Waals surface area (Å²) in [6.45, 7) is 5.14. The fraction of sp³-hybridized carbons (Fsp3) is 0.438. The van der Waals surface area contributed by atoms with E-state index in [-0.39, 0.29) is 5.91 Å². The summed E-state index contributed by atoms with van der Waals surface area (Å²) in [7, 11) is 0. The van der Waals surface area contributed by atoms with Gasteiger partial charge in [0, 0.05) is 18.2 Å². The minimum Gasteiger partial charge on any atom is -0.350 e. The lowest BCUT2D eigenvalue weighted by atomic mass is 10.2. The Balaban J connectivity index is 1.55. The number of likely N-dealkylation sites (tertiary alicyclic amines) is 1. The summed E-state index contributed by atoms with van der Waals surface area (Å²) in [5.74, 6) is -0.0313. The lowest BCUT2D eigenvalue weighted by Gasteiger charge is -2.23. The molecule has 6 heteroatoms. The Bertz CT molecular complexity index is 602. The second-order valence-corrected chi connectivity index (χ2v) is 5.69. The Morgan fingerprint density at radius 1 is 1.27 bits per heavy atom. The van der Waals surface area contributed by atoms with Crippen LogP contribution in [0.4, 0.5) is 0 Å². The lowest BCUT2D eigenvalue weighted by molar-refractivity contribution is 0.0940. The fourth-order valence-corrected chi connectivity index (χ4v) is 2.76. The molecule has 1 fully saturated rings. The van der Waals surface area contributed by atoms with Crippen LogP contribution in [0.15, 0.2) is 36.9 Å². The van der Waals surface area contributed by atoms with E-state index < -0.39 is 0 Å². The number of carbonyl (C=O) groups is 1. The van der Waals surface area contributed by atoms with Gasteiger partial charge in [0.05, 0.1) is 5.69 Å². The van der Waals surface area contributed by atoms with E-state index in [0.29, 0.717) is 18.2 Å². The summed E-state index contributed by atoms with van der Waals surface area (Å²) in [6, 6.07) is 7.75. The molecule has 1 aliphatic heterocycles. The second-order valence-electron chi connectivity index (χ2n) is 5.69. The van der Waals surface area contributed by atoms with E-state index in [1.807, 2.05) is 24.3 Å². The normalized spacial score (nSPS) is 16.6. The molecule has 1 N–H and O–H groups in total. The molecular weight excluding hydrogens is 278 g/mol. The molecule has 1 unspecified atom stereocenters. The molecule has 0 saturated carbocycles. The third-order valence-electron chi connectivity index (χ3n) is 4.13. The van der Waals surface area contributed by atoms with Gasteiger partial charge >= 0.3 is 0 Å². The first kappa shape index (κ1) is 14.7. The van der Waals surface area contributed by atoms with Gasteiger partial charge in [-0.05, 0) is 57.1 Å². The Hall–Kier alpha value is -2.21. The Morgan fingerprint density at radius 3 is 2.64 bits per heavy atom. The van der Waals surface area contributed by atoms with E-state index in [9.17, 15) is 4.79 Å². The van der Waals surface area contributed by atoms with Crippen LogP contribution in [0, 0.1) is 0 Å². The SMILES string of the molecule is CC(CNC(=O)c1ccc(-n2cncn2)cc1)N1CCCC1. The van der Waals surface area contributed by atoms with Crippen LogP contribution in [0.2, 0.25) is 0 Å². The van der Waals surface area contributed by atoms with E-state index >= 15 is 0 Å². The topological polar surface area (TPSA) is 63.1 Å². The van der Waals surface area contributed by atoms with Crippen LogP contribution >= 0.6 is 0 Å². The number of carbonyl (C=O) groups excluding carboxylic acids is 1. The van der Waals surface area contributed by atoms with Gasteiger partial charge < -0.3 is 5.32 Å². The number of benzene rings is 1. The van der Waals surface area contributed by atoms with Crippen molar-refractivity contribution < 1.29 is 4.79 Å². The molecular formula is C16H21N5O. The number of aromatic nitrogens is 3. The number of amides is 1. The molecule has 1 amide bonds. The number of hydrogen-bond acceptors (Lipinski definition) is 4. The molecule has 1 saturated heterocycles. The van der Waals surface area contributed by atoms with Gasteiger partial charge in [-0.2, -0.15) is 5.10 Å². The van der Waals surface area contributed by atoms with Crippen LogP contribution in [0.25, 0.3) is 5.69 Å². The Morgan fingerprint density at radius 2 is 2.00 bits per heavy atom. The first-order valence-electron chi connectivity index (χ1n) is 7.71. The molecule has 0 spiro atoms. The van der Waals surface area contributed by atoms with Gasteiger partial charge in [-0.1, -0.05) is 0 Å². The van der Waals surface area contributed by atoms with Crippen LogP contribution in [-0.4, -0.2) is 51.2 Å². The highest BCUT2D eigenvalue weighted by atomic mass is 16.1. The largest absolute Gasteiger partial charge is 0.350 e. The van der Waals surface area contributed by atoms with Crippen molar-refractivity contribution in [1.29, 1.82) is 0 Å². The highest BCUT2D eigenvalue weighted by Crippen LogP contribution is 2.11. The molecule has 6 nitrogen and oxygen atoms in total.